The number of anilines is 1. The molecule has 0 bridgehead atoms. The van der Waals surface area contributed by atoms with Crippen LogP contribution in [-0.4, -0.2) is 18.4 Å². The molecular weight excluding hydrogens is 372 g/mol. The maximum Gasteiger partial charge on any atom is 0.252 e. The molecule has 0 spiro atoms. The molecule has 3 aromatic carbocycles. The molecule has 4 rings (SSSR count). The molecule has 30 heavy (non-hydrogen) atoms. The number of nitrogens with one attached hydrogen (secondary N) is 1. The number of amides is 2. The molecule has 4 heteroatoms. The van der Waals surface area contributed by atoms with Crippen LogP contribution in [-0.2, 0) is 4.79 Å². The predicted molar refractivity (Wildman–Crippen MR) is 120 cm³/mol. The van der Waals surface area contributed by atoms with Crippen LogP contribution in [0.25, 0.3) is 0 Å². The maximum absolute atomic E-state index is 13.2. The zero-order valence-electron chi connectivity index (χ0n) is 17.4. The molecule has 2 amide bonds. The summed E-state index contributed by atoms with van der Waals surface area (Å²) in [6.07, 6.45) is 1.43. The average molecular weight is 399 g/mol. The molecule has 1 aliphatic rings. The van der Waals surface area contributed by atoms with E-state index in [1.807, 2.05) is 48.5 Å². The van der Waals surface area contributed by atoms with Crippen LogP contribution in [0.4, 0.5) is 5.69 Å². The Kier molecular flexibility index (Phi) is 5.66. The molecule has 0 aliphatic carbocycles. The first-order valence-electron chi connectivity index (χ1n) is 10.4. The standard InChI is InChI=1S/C26H26N2O2/c1-18-13-14-23(19(2)16-18)25(20-8-4-3-5-9-20)27-26(30)21-10-6-11-22(17-21)28-15-7-12-24(28)29/h3-6,8-11,13-14,16-17,25H,7,12,15H2,1-2H3,(H,27,30)/t25-/m0/s1. The fraction of sp³-hybridized carbons (Fsp3) is 0.231. The normalized spacial score (nSPS) is 14.6. The van der Waals surface area contributed by atoms with E-state index in [9.17, 15) is 9.59 Å². The maximum atomic E-state index is 13.2. The van der Waals surface area contributed by atoms with Gasteiger partial charge in [-0.25, -0.2) is 0 Å². The van der Waals surface area contributed by atoms with Gasteiger partial charge in [-0.05, 0) is 55.2 Å². The highest BCUT2D eigenvalue weighted by Crippen LogP contribution is 2.27. The Morgan fingerprint density at radius 2 is 1.77 bits per heavy atom. The van der Waals surface area contributed by atoms with Crippen LogP contribution in [0.3, 0.4) is 0 Å². The van der Waals surface area contributed by atoms with Crippen LogP contribution in [0.15, 0.2) is 72.8 Å². The van der Waals surface area contributed by atoms with E-state index in [4.69, 9.17) is 0 Å². The molecule has 0 unspecified atom stereocenters. The Balaban J connectivity index is 1.65. The minimum Gasteiger partial charge on any atom is -0.341 e. The number of benzene rings is 3. The van der Waals surface area contributed by atoms with Crippen LogP contribution in [0.1, 0.15) is 51.5 Å². The van der Waals surface area contributed by atoms with Gasteiger partial charge in [0, 0.05) is 24.2 Å². The first-order chi connectivity index (χ1) is 14.5. The second-order valence-corrected chi connectivity index (χ2v) is 7.88. The van der Waals surface area contributed by atoms with Gasteiger partial charge in [-0.1, -0.05) is 60.2 Å². The molecule has 0 aromatic heterocycles. The first kappa shape index (κ1) is 19.9. The Morgan fingerprint density at radius 3 is 2.47 bits per heavy atom. The van der Waals surface area contributed by atoms with Crippen LogP contribution in [0, 0.1) is 13.8 Å². The van der Waals surface area contributed by atoms with Crippen molar-refractivity contribution < 1.29 is 9.59 Å². The first-order valence-corrected chi connectivity index (χ1v) is 10.4. The van der Waals surface area contributed by atoms with Crippen molar-refractivity contribution in [3.8, 4) is 0 Å². The van der Waals surface area contributed by atoms with Gasteiger partial charge in [0.1, 0.15) is 0 Å². The van der Waals surface area contributed by atoms with E-state index >= 15 is 0 Å². The topological polar surface area (TPSA) is 49.4 Å². The second-order valence-electron chi connectivity index (χ2n) is 7.88. The number of rotatable bonds is 5. The number of carbonyl (C=O) groups is 2. The van der Waals surface area contributed by atoms with Crippen molar-refractivity contribution in [3.63, 3.8) is 0 Å². The summed E-state index contributed by atoms with van der Waals surface area (Å²) in [6.45, 7) is 4.85. The van der Waals surface area contributed by atoms with E-state index in [1.165, 1.54) is 5.56 Å². The van der Waals surface area contributed by atoms with Gasteiger partial charge in [-0.15, -0.1) is 0 Å². The van der Waals surface area contributed by atoms with Crippen molar-refractivity contribution in [2.45, 2.75) is 32.7 Å². The number of aryl methyl sites for hydroxylation is 2. The van der Waals surface area contributed by atoms with E-state index in [-0.39, 0.29) is 17.9 Å². The van der Waals surface area contributed by atoms with Gasteiger partial charge < -0.3 is 10.2 Å². The third kappa shape index (κ3) is 4.13. The Hall–Kier alpha value is -3.40. The van der Waals surface area contributed by atoms with Crippen molar-refractivity contribution in [2.24, 2.45) is 0 Å². The quantitative estimate of drug-likeness (QED) is 0.661. The summed E-state index contributed by atoms with van der Waals surface area (Å²) < 4.78 is 0. The minimum absolute atomic E-state index is 0.116. The lowest BCUT2D eigenvalue weighted by molar-refractivity contribution is -0.117. The summed E-state index contributed by atoms with van der Waals surface area (Å²) >= 11 is 0. The molecule has 1 heterocycles. The Labute approximate surface area is 177 Å². The Morgan fingerprint density at radius 1 is 0.967 bits per heavy atom. The van der Waals surface area contributed by atoms with Gasteiger partial charge >= 0.3 is 0 Å². The summed E-state index contributed by atoms with van der Waals surface area (Å²) in [5.41, 5.74) is 5.78. The summed E-state index contributed by atoms with van der Waals surface area (Å²) in [7, 11) is 0. The monoisotopic (exact) mass is 398 g/mol. The second kappa shape index (κ2) is 8.54. The minimum atomic E-state index is -0.253. The predicted octanol–water partition coefficient (Wildman–Crippen LogP) is 4.95. The van der Waals surface area contributed by atoms with E-state index in [0.29, 0.717) is 18.5 Å². The number of carbonyl (C=O) groups excluding carboxylic acids is 2. The summed E-state index contributed by atoms with van der Waals surface area (Å²) in [4.78, 5) is 27.1. The molecule has 1 fully saturated rings. The van der Waals surface area contributed by atoms with Crippen molar-refractivity contribution in [1.82, 2.24) is 5.32 Å². The molecule has 0 saturated carbocycles. The van der Waals surface area contributed by atoms with Gasteiger partial charge in [0.15, 0.2) is 0 Å². The molecule has 1 atom stereocenters. The third-order valence-corrected chi connectivity index (χ3v) is 5.64. The SMILES string of the molecule is Cc1ccc([C@@H](NC(=O)c2cccc(N3CCCC3=O)c2)c2ccccc2)c(C)c1. The van der Waals surface area contributed by atoms with E-state index < -0.39 is 0 Å². The zero-order valence-corrected chi connectivity index (χ0v) is 17.4. The van der Waals surface area contributed by atoms with Crippen molar-refractivity contribution in [2.75, 3.05) is 11.4 Å². The van der Waals surface area contributed by atoms with Gasteiger partial charge in [-0.2, -0.15) is 0 Å². The highest BCUT2D eigenvalue weighted by molar-refractivity contribution is 5.99. The molecule has 1 saturated heterocycles. The summed E-state index contributed by atoms with van der Waals surface area (Å²) in [5.74, 6) is -0.0395. The van der Waals surface area contributed by atoms with Crippen LogP contribution < -0.4 is 10.2 Å². The molecule has 3 aromatic rings. The highest BCUT2D eigenvalue weighted by atomic mass is 16.2. The lowest BCUT2D eigenvalue weighted by atomic mass is 9.93. The Bertz CT molecular complexity index is 1080. The van der Waals surface area contributed by atoms with Crippen molar-refractivity contribution in [1.29, 1.82) is 0 Å². The van der Waals surface area contributed by atoms with Crippen LogP contribution in [0.2, 0.25) is 0 Å². The number of hydrogen-bond acceptors (Lipinski definition) is 2. The summed E-state index contributed by atoms with van der Waals surface area (Å²) in [6, 6.07) is 23.4. The van der Waals surface area contributed by atoms with Crippen molar-refractivity contribution >= 4 is 17.5 Å². The van der Waals surface area contributed by atoms with E-state index in [2.05, 4.69) is 37.4 Å². The van der Waals surface area contributed by atoms with Gasteiger partial charge in [0.25, 0.3) is 5.91 Å². The molecule has 152 valence electrons. The van der Waals surface area contributed by atoms with Gasteiger partial charge in [0.2, 0.25) is 5.91 Å². The third-order valence-electron chi connectivity index (χ3n) is 5.64. The smallest absolute Gasteiger partial charge is 0.252 e. The fourth-order valence-corrected chi connectivity index (χ4v) is 4.09. The molecule has 4 nitrogen and oxygen atoms in total. The lowest BCUT2D eigenvalue weighted by Gasteiger charge is -2.23. The lowest BCUT2D eigenvalue weighted by Crippen LogP contribution is -2.30. The molecule has 0 radical (unpaired) electrons. The average Bonchev–Trinajstić information content (AvgIpc) is 3.19. The van der Waals surface area contributed by atoms with E-state index in [1.54, 1.807) is 11.0 Å². The van der Waals surface area contributed by atoms with Crippen LogP contribution >= 0.6 is 0 Å². The highest BCUT2D eigenvalue weighted by Gasteiger charge is 2.23. The fourth-order valence-electron chi connectivity index (χ4n) is 4.09. The van der Waals surface area contributed by atoms with Crippen molar-refractivity contribution in [3.05, 3.63) is 101 Å². The molecule has 1 aliphatic heterocycles. The zero-order chi connectivity index (χ0) is 21.1. The molecule has 1 N–H and O–H groups in total. The van der Waals surface area contributed by atoms with Gasteiger partial charge in [-0.3, -0.25) is 9.59 Å². The number of nitrogens with zero attached hydrogens (tertiary/aromatic N) is 1. The van der Waals surface area contributed by atoms with Gasteiger partial charge in [0.05, 0.1) is 6.04 Å². The van der Waals surface area contributed by atoms with Crippen LogP contribution in [0.5, 0.6) is 0 Å². The molecular formula is C26H26N2O2. The summed E-state index contributed by atoms with van der Waals surface area (Å²) in [5, 5.41) is 3.21. The van der Waals surface area contributed by atoms with E-state index in [0.717, 1.165) is 28.8 Å². The largest absolute Gasteiger partial charge is 0.341 e. The number of hydrogen-bond donors (Lipinski definition) is 1.